The molecule has 6 heteroatoms. The van der Waals surface area contributed by atoms with Crippen LogP contribution < -0.4 is 11.1 Å². The predicted molar refractivity (Wildman–Crippen MR) is 69.6 cm³/mol. The minimum absolute atomic E-state index is 0. The third-order valence-electron chi connectivity index (χ3n) is 2.56. The summed E-state index contributed by atoms with van der Waals surface area (Å²) in [5, 5.41) is 2.95. The lowest BCUT2D eigenvalue weighted by Gasteiger charge is -2.14. The van der Waals surface area contributed by atoms with Gasteiger partial charge in [-0.25, -0.2) is 0 Å². The second-order valence-electron chi connectivity index (χ2n) is 3.76. The predicted octanol–water partition coefficient (Wildman–Crippen LogP) is 2.29. The van der Waals surface area contributed by atoms with Gasteiger partial charge in [0.2, 0.25) is 0 Å². The molecule has 0 bridgehead atoms. The minimum atomic E-state index is -0.0609. The Hall–Kier alpha value is -0.290. The van der Waals surface area contributed by atoms with Crippen molar-refractivity contribution < 1.29 is 4.79 Å². The van der Waals surface area contributed by atoms with Crippen molar-refractivity contribution in [2.45, 2.75) is 18.9 Å². The number of amides is 1. The Labute approximate surface area is 110 Å². The molecule has 1 saturated carbocycles. The summed E-state index contributed by atoms with van der Waals surface area (Å²) in [5.41, 5.74) is 5.61. The van der Waals surface area contributed by atoms with Gasteiger partial charge in [-0.3, -0.25) is 4.79 Å². The number of hydrogen-bond acceptors (Lipinski definition) is 3. The van der Waals surface area contributed by atoms with Gasteiger partial charge < -0.3 is 11.1 Å². The Morgan fingerprint density at radius 3 is 2.75 bits per heavy atom. The van der Waals surface area contributed by atoms with Gasteiger partial charge >= 0.3 is 0 Å². The summed E-state index contributed by atoms with van der Waals surface area (Å²) in [4.78, 5) is 12.4. The van der Waals surface area contributed by atoms with E-state index < -0.39 is 0 Å². The fourth-order valence-electron chi connectivity index (χ4n) is 1.54. The summed E-state index contributed by atoms with van der Waals surface area (Å²) in [6, 6.07) is 3.59. The van der Waals surface area contributed by atoms with E-state index in [1.807, 2.05) is 0 Å². The molecule has 1 amide bonds. The average Bonchev–Trinajstić information content (AvgIpc) is 2.97. The van der Waals surface area contributed by atoms with Gasteiger partial charge in [0.1, 0.15) is 0 Å². The molecule has 1 heterocycles. The van der Waals surface area contributed by atoms with Gasteiger partial charge in [0.25, 0.3) is 5.91 Å². The number of rotatable bonds is 4. The number of nitrogens with one attached hydrogen (secondary N) is 1. The number of halogens is 2. The zero-order valence-corrected chi connectivity index (χ0v) is 11.0. The second-order valence-corrected chi connectivity index (χ2v) is 5.47. The Morgan fingerprint density at radius 2 is 2.31 bits per heavy atom. The molecular weight excluding hydrogens is 267 g/mol. The van der Waals surface area contributed by atoms with E-state index in [2.05, 4.69) is 5.32 Å². The van der Waals surface area contributed by atoms with Crippen LogP contribution in [0.4, 0.5) is 0 Å². The molecule has 1 aliphatic rings. The van der Waals surface area contributed by atoms with Crippen LogP contribution in [0.1, 0.15) is 22.5 Å². The zero-order chi connectivity index (χ0) is 10.8. The van der Waals surface area contributed by atoms with E-state index >= 15 is 0 Å². The third-order valence-corrected chi connectivity index (χ3v) is 3.79. The monoisotopic (exact) mass is 280 g/mol. The lowest BCUT2D eigenvalue weighted by Crippen LogP contribution is -2.41. The Bertz CT molecular complexity index is 365. The van der Waals surface area contributed by atoms with E-state index in [1.165, 1.54) is 24.2 Å². The SMILES string of the molecule is Cl.NCC(NC(=O)c1ccc(Cl)s1)C1CC1. The molecular formula is C10H14Cl2N2OS. The van der Waals surface area contributed by atoms with Crippen molar-refractivity contribution >= 4 is 41.3 Å². The van der Waals surface area contributed by atoms with Gasteiger partial charge in [-0.2, -0.15) is 0 Å². The highest BCUT2D eigenvalue weighted by Gasteiger charge is 2.31. The lowest BCUT2D eigenvalue weighted by molar-refractivity contribution is 0.0937. The van der Waals surface area contributed by atoms with Crippen LogP contribution in [-0.2, 0) is 0 Å². The van der Waals surface area contributed by atoms with Crippen molar-refractivity contribution in [3.63, 3.8) is 0 Å². The van der Waals surface area contributed by atoms with Gasteiger partial charge in [0, 0.05) is 12.6 Å². The molecule has 3 nitrogen and oxygen atoms in total. The maximum atomic E-state index is 11.7. The van der Waals surface area contributed by atoms with Crippen LogP contribution in [0.5, 0.6) is 0 Å². The minimum Gasteiger partial charge on any atom is -0.347 e. The summed E-state index contributed by atoms with van der Waals surface area (Å²) >= 11 is 7.06. The number of thiophene rings is 1. The molecule has 2 rings (SSSR count). The number of carbonyl (C=O) groups is 1. The summed E-state index contributed by atoms with van der Waals surface area (Å²) in [6.45, 7) is 0.509. The van der Waals surface area contributed by atoms with Crippen molar-refractivity contribution in [3.05, 3.63) is 21.3 Å². The van der Waals surface area contributed by atoms with E-state index in [1.54, 1.807) is 12.1 Å². The molecule has 1 atom stereocenters. The van der Waals surface area contributed by atoms with Crippen molar-refractivity contribution in [1.29, 1.82) is 0 Å². The maximum Gasteiger partial charge on any atom is 0.261 e. The van der Waals surface area contributed by atoms with Crippen LogP contribution >= 0.6 is 35.3 Å². The Morgan fingerprint density at radius 1 is 1.62 bits per heavy atom. The van der Waals surface area contributed by atoms with Crippen LogP contribution in [0.3, 0.4) is 0 Å². The molecule has 1 aromatic rings. The van der Waals surface area contributed by atoms with Crippen molar-refractivity contribution in [1.82, 2.24) is 5.32 Å². The van der Waals surface area contributed by atoms with Gasteiger partial charge in [0.15, 0.2) is 0 Å². The first-order valence-corrected chi connectivity index (χ1v) is 6.16. The molecule has 0 aliphatic heterocycles. The largest absolute Gasteiger partial charge is 0.347 e. The molecule has 3 N–H and O–H groups in total. The summed E-state index contributed by atoms with van der Waals surface area (Å²) in [5.74, 6) is 0.517. The van der Waals surface area contributed by atoms with Gasteiger partial charge in [-0.1, -0.05) is 11.6 Å². The maximum absolute atomic E-state index is 11.7. The molecule has 0 aromatic carbocycles. The average molecular weight is 281 g/mol. The van der Waals surface area contributed by atoms with E-state index in [0.29, 0.717) is 21.7 Å². The van der Waals surface area contributed by atoms with Crippen molar-refractivity contribution in [3.8, 4) is 0 Å². The van der Waals surface area contributed by atoms with Crippen molar-refractivity contribution in [2.24, 2.45) is 11.7 Å². The molecule has 1 fully saturated rings. The number of carbonyl (C=O) groups excluding carboxylic acids is 1. The smallest absolute Gasteiger partial charge is 0.261 e. The third kappa shape index (κ3) is 3.35. The fourth-order valence-corrected chi connectivity index (χ4v) is 2.49. The van der Waals surface area contributed by atoms with Crippen LogP contribution in [0.25, 0.3) is 0 Å². The van der Waals surface area contributed by atoms with Crippen LogP contribution in [0.2, 0.25) is 4.34 Å². The number of nitrogens with two attached hydrogens (primary N) is 1. The van der Waals surface area contributed by atoms with Crippen LogP contribution in [0.15, 0.2) is 12.1 Å². The van der Waals surface area contributed by atoms with Crippen LogP contribution in [-0.4, -0.2) is 18.5 Å². The normalized spacial score (nSPS) is 16.4. The highest BCUT2D eigenvalue weighted by atomic mass is 35.5. The quantitative estimate of drug-likeness (QED) is 0.889. The zero-order valence-electron chi connectivity index (χ0n) is 8.61. The summed E-state index contributed by atoms with van der Waals surface area (Å²) in [7, 11) is 0. The topological polar surface area (TPSA) is 55.1 Å². The lowest BCUT2D eigenvalue weighted by atomic mass is 10.2. The first-order chi connectivity index (χ1) is 7.20. The first-order valence-electron chi connectivity index (χ1n) is 4.97. The van der Waals surface area contributed by atoms with E-state index in [-0.39, 0.29) is 24.4 Å². The summed E-state index contributed by atoms with van der Waals surface area (Å²) < 4.78 is 0.635. The molecule has 1 unspecified atom stereocenters. The van der Waals surface area contributed by atoms with Gasteiger partial charge in [0.05, 0.1) is 9.21 Å². The second kappa shape index (κ2) is 5.87. The van der Waals surface area contributed by atoms with Crippen molar-refractivity contribution in [2.75, 3.05) is 6.54 Å². The van der Waals surface area contributed by atoms with Gasteiger partial charge in [-0.15, -0.1) is 23.7 Å². The van der Waals surface area contributed by atoms with E-state index in [0.717, 1.165) is 0 Å². The highest BCUT2D eigenvalue weighted by molar-refractivity contribution is 7.17. The standard InChI is InChI=1S/C10H13ClN2OS.ClH/c11-9-4-3-8(15-9)10(14)13-7(5-12)6-1-2-6;/h3-4,6-7H,1-2,5,12H2,(H,13,14);1H. The molecule has 0 spiro atoms. The highest BCUT2D eigenvalue weighted by Crippen LogP contribution is 2.32. The number of hydrogen-bond donors (Lipinski definition) is 2. The van der Waals surface area contributed by atoms with E-state index in [4.69, 9.17) is 17.3 Å². The van der Waals surface area contributed by atoms with Gasteiger partial charge in [-0.05, 0) is 30.9 Å². The Kier molecular flexibility index (Phi) is 5.05. The molecule has 1 aliphatic carbocycles. The molecule has 0 radical (unpaired) electrons. The summed E-state index contributed by atoms with van der Waals surface area (Å²) in [6.07, 6.45) is 2.35. The molecule has 1 aromatic heterocycles. The molecule has 90 valence electrons. The first kappa shape index (κ1) is 13.8. The molecule has 0 saturated heterocycles. The molecule has 16 heavy (non-hydrogen) atoms. The van der Waals surface area contributed by atoms with Crippen LogP contribution in [0, 0.1) is 5.92 Å². The van der Waals surface area contributed by atoms with E-state index in [9.17, 15) is 4.79 Å². The fraction of sp³-hybridized carbons (Fsp3) is 0.500. The Balaban J connectivity index is 0.00000128.